The summed E-state index contributed by atoms with van der Waals surface area (Å²) in [5.41, 5.74) is -1.19. The molecule has 0 aromatic heterocycles. The lowest BCUT2D eigenvalue weighted by atomic mass is 10.00. The van der Waals surface area contributed by atoms with E-state index in [9.17, 15) is 18.0 Å². The fourth-order valence-corrected chi connectivity index (χ4v) is 2.06. The molecule has 3 nitrogen and oxygen atoms in total. The Morgan fingerprint density at radius 3 is 2.50 bits per heavy atom. The molecule has 1 aromatic carbocycles. The first kappa shape index (κ1) is 15.0. The van der Waals surface area contributed by atoms with Crippen molar-refractivity contribution in [3.05, 3.63) is 35.4 Å². The predicted molar refractivity (Wildman–Crippen MR) is 65.3 cm³/mol. The maximum absolute atomic E-state index is 12.8. The van der Waals surface area contributed by atoms with E-state index in [1.807, 2.05) is 0 Å². The van der Waals surface area contributed by atoms with E-state index in [0.717, 1.165) is 12.5 Å². The number of Topliss-reactive ketones (excluding diaryl/α,β-unsaturated/α-hetero) is 1. The quantitative estimate of drug-likeness (QED) is 0.796. The maximum atomic E-state index is 12.8. The summed E-state index contributed by atoms with van der Waals surface area (Å²) in [5, 5.41) is 0. The summed E-state index contributed by atoms with van der Waals surface area (Å²) >= 11 is 0. The van der Waals surface area contributed by atoms with Gasteiger partial charge in [0.15, 0.2) is 12.1 Å². The standard InChI is InChI=1S/C14H15F3O3/c15-14(16,17)11-5-2-1-4-10(11)12(18)6-7-13-19-8-3-9-20-13/h1-2,4-5,13H,3,6-9H2. The number of carbonyl (C=O) groups is 1. The molecule has 6 heteroatoms. The number of alkyl halides is 3. The largest absolute Gasteiger partial charge is 0.417 e. The minimum Gasteiger partial charge on any atom is -0.353 e. The van der Waals surface area contributed by atoms with Crippen LogP contribution in [-0.4, -0.2) is 25.3 Å². The zero-order chi connectivity index (χ0) is 14.6. The van der Waals surface area contributed by atoms with Gasteiger partial charge < -0.3 is 9.47 Å². The molecule has 110 valence electrons. The highest BCUT2D eigenvalue weighted by Gasteiger charge is 2.34. The highest BCUT2D eigenvalue weighted by Crippen LogP contribution is 2.32. The molecule has 0 N–H and O–H groups in total. The van der Waals surface area contributed by atoms with Gasteiger partial charge in [-0.1, -0.05) is 18.2 Å². The topological polar surface area (TPSA) is 35.5 Å². The third kappa shape index (κ3) is 3.80. The lowest BCUT2D eigenvalue weighted by Crippen LogP contribution is -2.25. The van der Waals surface area contributed by atoms with Crippen molar-refractivity contribution in [3.63, 3.8) is 0 Å². The molecule has 0 radical (unpaired) electrons. The third-order valence-corrected chi connectivity index (χ3v) is 3.04. The van der Waals surface area contributed by atoms with Gasteiger partial charge in [-0.05, 0) is 12.5 Å². The fourth-order valence-electron chi connectivity index (χ4n) is 2.06. The van der Waals surface area contributed by atoms with Gasteiger partial charge in [-0.3, -0.25) is 4.79 Å². The summed E-state index contributed by atoms with van der Waals surface area (Å²) < 4.78 is 48.9. The molecule has 1 aromatic rings. The molecule has 1 saturated heterocycles. The number of halogens is 3. The number of ketones is 1. The second-order valence-corrected chi connectivity index (χ2v) is 4.53. The van der Waals surface area contributed by atoms with Gasteiger partial charge in [-0.2, -0.15) is 13.2 Å². The van der Waals surface area contributed by atoms with Crippen LogP contribution in [0.15, 0.2) is 24.3 Å². The molecule has 1 aliphatic rings. The Morgan fingerprint density at radius 1 is 1.20 bits per heavy atom. The molecule has 0 saturated carbocycles. The highest BCUT2D eigenvalue weighted by atomic mass is 19.4. The minimum atomic E-state index is -4.52. The van der Waals surface area contributed by atoms with Crippen molar-refractivity contribution in [3.8, 4) is 0 Å². The van der Waals surface area contributed by atoms with Crippen molar-refractivity contribution >= 4 is 5.78 Å². The lowest BCUT2D eigenvalue weighted by molar-refractivity contribution is -0.180. The van der Waals surface area contributed by atoms with Gasteiger partial charge in [-0.25, -0.2) is 0 Å². The van der Waals surface area contributed by atoms with Gasteiger partial charge in [0.25, 0.3) is 0 Å². The molecule has 0 spiro atoms. The Morgan fingerprint density at radius 2 is 1.85 bits per heavy atom. The monoisotopic (exact) mass is 288 g/mol. The maximum Gasteiger partial charge on any atom is 0.417 e. The summed E-state index contributed by atoms with van der Waals surface area (Å²) in [6.45, 7) is 1.11. The second kappa shape index (κ2) is 6.37. The summed E-state index contributed by atoms with van der Waals surface area (Å²) in [6, 6.07) is 4.82. The first-order valence-corrected chi connectivity index (χ1v) is 6.41. The van der Waals surface area contributed by atoms with Crippen molar-refractivity contribution < 1.29 is 27.4 Å². The molecular weight excluding hydrogens is 273 g/mol. The zero-order valence-electron chi connectivity index (χ0n) is 10.8. The summed E-state index contributed by atoms with van der Waals surface area (Å²) in [4.78, 5) is 11.9. The van der Waals surface area contributed by atoms with Crippen LogP contribution in [0.25, 0.3) is 0 Å². The Kier molecular flexibility index (Phi) is 4.77. The van der Waals surface area contributed by atoms with Crippen molar-refractivity contribution in [2.75, 3.05) is 13.2 Å². The average Bonchev–Trinajstić information content (AvgIpc) is 2.45. The molecule has 0 aliphatic carbocycles. The molecule has 0 unspecified atom stereocenters. The van der Waals surface area contributed by atoms with Crippen LogP contribution in [0.1, 0.15) is 35.2 Å². The number of carbonyl (C=O) groups excluding carboxylic acids is 1. The highest BCUT2D eigenvalue weighted by molar-refractivity contribution is 5.97. The molecule has 0 bridgehead atoms. The molecule has 1 aliphatic heterocycles. The summed E-state index contributed by atoms with van der Waals surface area (Å²) in [6.07, 6.45) is -3.99. The van der Waals surface area contributed by atoms with E-state index >= 15 is 0 Å². The molecule has 1 fully saturated rings. The van der Waals surface area contributed by atoms with Crippen molar-refractivity contribution in [2.24, 2.45) is 0 Å². The van der Waals surface area contributed by atoms with Crippen LogP contribution in [-0.2, 0) is 15.7 Å². The number of hydrogen-bond donors (Lipinski definition) is 0. The van der Waals surface area contributed by atoms with Crippen LogP contribution in [0.3, 0.4) is 0 Å². The fraction of sp³-hybridized carbons (Fsp3) is 0.500. The number of ether oxygens (including phenoxy) is 2. The van der Waals surface area contributed by atoms with E-state index in [-0.39, 0.29) is 18.4 Å². The van der Waals surface area contributed by atoms with Gasteiger partial charge in [-0.15, -0.1) is 0 Å². The van der Waals surface area contributed by atoms with Crippen LogP contribution in [0.5, 0.6) is 0 Å². The first-order valence-electron chi connectivity index (χ1n) is 6.41. The normalized spacial score (nSPS) is 17.1. The van der Waals surface area contributed by atoms with Gasteiger partial charge >= 0.3 is 6.18 Å². The van der Waals surface area contributed by atoms with Crippen LogP contribution >= 0.6 is 0 Å². The van der Waals surface area contributed by atoms with Gasteiger partial charge in [0.2, 0.25) is 0 Å². The summed E-state index contributed by atoms with van der Waals surface area (Å²) in [7, 11) is 0. The second-order valence-electron chi connectivity index (χ2n) is 4.53. The van der Waals surface area contributed by atoms with Gasteiger partial charge in [0.1, 0.15) is 0 Å². The molecule has 0 atom stereocenters. The van der Waals surface area contributed by atoms with Crippen LogP contribution in [0, 0.1) is 0 Å². The Labute approximate surface area is 114 Å². The number of rotatable bonds is 4. The van der Waals surface area contributed by atoms with Gasteiger partial charge in [0.05, 0.1) is 18.8 Å². The van der Waals surface area contributed by atoms with E-state index in [1.54, 1.807) is 0 Å². The Balaban J connectivity index is 2.02. The van der Waals surface area contributed by atoms with E-state index in [4.69, 9.17) is 9.47 Å². The van der Waals surface area contributed by atoms with Gasteiger partial charge in [0, 0.05) is 18.4 Å². The number of hydrogen-bond acceptors (Lipinski definition) is 3. The van der Waals surface area contributed by atoms with Crippen molar-refractivity contribution in [1.82, 2.24) is 0 Å². The van der Waals surface area contributed by atoms with E-state index in [0.29, 0.717) is 13.2 Å². The third-order valence-electron chi connectivity index (χ3n) is 3.04. The summed E-state index contributed by atoms with van der Waals surface area (Å²) in [5.74, 6) is -0.546. The molecule has 2 rings (SSSR count). The van der Waals surface area contributed by atoms with Crippen LogP contribution < -0.4 is 0 Å². The first-order chi connectivity index (χ1) is 9.48. The van der Waals surface area contributed by atoms with E-state index in [1.165, 1.54) is 18.2 Å². The van der Waals surface area contributed by atoms with Crippen LogP contribution in [0.2, 0.25) is 0 Å². The minimum absolute atomic E-state index is 0.0300. The SMILES string of the molecule is O=C(CCC1OCCCO1)c1ccccc1C(F)(F)F. The Bertz CT molecular complexity index is 465. The Hall–Kier alpha value is -1.40. The molecule has 1 heterocycles. The predicted octanol–water partition coefficient (Wildman–Crippen LogP) is 3.43. The van der Waals surface area contributed by atoms with E-state index in [2.05, 4.69) is 0 Å². The molecule has 20 heavy (non-hydrogen) atoms. The van der Waals surface area contributed by atoms with Crippen molar-refractivity contribution in [1.29, 1.82) is 0 Å². The molecule has 0 amide bonds. The average molecular weight is 288 g/mol. The smallest absolute Gasteiger partial charge is 0.353 e. The zero-order valence-corrected chi connectivity index (χ0v) is 10.8. The molecular formula is C14H15F3O3. The van der Waals surface area contributed by atoms with Crippen molar-refractivity contribution in [2.45, 2.75) is 31.7 Å². The number of benzene rings is 1. The lowest BCUT2D eigenvalue weighted by Gasteiger charge is -2.23. The van der Waals surface area contributed by atoms with E-state index < -0.39 is 23.8 Å². The van der Waals surface area contributed by atoms with Crippen LogP contribution in [0.4, 0.5) is 13.2 Å².